The predicted molar refractivity (Wildman–Crippen MR) is 74.5 cm³/mol. The van der Waals surface area contributed by atoms with Crippen LogP contribution in [0.3, 0.4) is 0 Å². The van der Waals surface area contributed by atoms with E-state index in [0.29, 0.717) is 12.2 Å². The predicted octanol–water partition coefficient (Wildman–Crippen LogP) is 1.23. The van der Waals surface area contributed by atoms with E-state index >= 15 is 0 Å². The van der Waals surface area contributed by atoms with Gasteiger partial charge in [0.05, 0.1) is 11.7 Å². The maximum Gasteiger partial charge on any atom is 0.230 e. The fourth-order valence-corrected chi connectivity index (χ4v) is 2.74. The third-order valence-corrected chi connectivity index (χ3v) is 3.87. The first-order valence-electron chi connectivity index (χ1n) is 6.24. The molecule has 6 heteroatoms. The summed E-state index contributed by atoms with van der Waals surface area (Å²) in [5.41, 5.74) is 1.05. The van der Waals surface area contributed by atoms with E-state index in [-0.39, 0.29) is 5.91 Å². The molecule has 0 aromatic heterocycles. The molecule has 1 aromatic rings. The van der Waals surface area contributed by atoms with Gasteiger partial charge in [0.15, 0.2) is 0 Å². The van der Waals surface area contributed by atoms with Crippen molar-refractivity contribution in [3.8, 4) is 0 Å². The number of rotatable bonds is 5. The molecule has 1 aliphatic rings. The van der Waals surface area contributed by atoms with Crippen molar-refractivity contribution < 1.29 is 13.2 Å². The van der Waals surface area contributed by atoms with E-state index in [0.717, 1.165) is 24.7 Å². The normalized spacial score (nSPS) is 16.7. The van der Waals surface area contributed by atoms with Crippen molar-refractivity contribution in [1.29, 1.82) is 0 Å². The quantitative estimate of drug-likeness (QED) is 0.853. The summed E-state index contributed by atoms with van der Waals surface area (Å²) in [5, 5.41) is 2.85. The molecule has 1 aromatic carbocycles. The topological polar surface area (TPSA) is 75.3 Å². The molecule has 1 fully saturated rings. The molecule has 19 heavy (non-hydrogen) atoms. The van der Waals surface area contributed by atoms with Gasteiger partial charge in [0.2, 0.25) is 15.9 Å². The first kappa shape index (κ1) is 13.9. The Labute approximate surface area is 113 Å². The largest absolute Gasteiger partial charge is 0.356 e. The number of benzene rings is 1. The monoisotopic (exact) mass is 282 g/mol. The van der Waals surface area contributed by atoms with Crippen molar-refractivity contribution in [3.05, 3.63) is 29.8 Å². The van der Waals surface area contributed by atoms with Crippen molar-refractivity contribution in [2.75, 3.05) is 17.5 Å². The Morgan fingerprint density at radius 3 is 2.26 bits per heavy atom. The second kappa shape index (κ2) is 4.85. The van der Waals surface area contributed by atoms with Crippen LogP contribution in [0.25, 0.3) is 0 Å². The Bertz CT molecular complexity index is 574. The van der Waals surface area contributed by atoms with Gasteiger partial charge in [-0.15, -0.1) is 0 Å². The van der Waals surface area contributed by atoms with Crippen molar-refractivity contribution in [2.45, 2.75) is 25.2 Å². The summed E-state index contributed by atoms with van der Waals surface area (Å²) < 4.78 is 24.6. The SMILES string of the molecule is CCNC(=O)C1(c2ccc(NS(C)(=O)=O)cc2)CC1. The molecule has 2 rings (SSSR count). The minimum Gasteiger partial charge on any atom is -0.356 e. The lowest BCUT2D eigenvalue weighted by atomic mass is 9.95. The lowest BCUT2D eigenvalue weighted by molar-refractivity contribution is -0.123. The summed E-state index contributed by atoms with van der Waals surface area (Å²) in [6.45, 7) is 2.52. The first-order chi connectivity index (χ1) is 8.87. The molecular formula is C13H18N2O3S. The fraction of sp³-hybridized carbons (Fsp3) is 0.462. The zero-order chi connectivity index (χ0) is 14.1. The third kappa shape index (κ3) is 3.07. The standard InChI is InChI=1S/C13H18N2O3S/c1-3-14-12(16)13(8-9-13)10-4-6-11(7-5-10)15-19(2,17)18/h4-7,15H,3,8-9H2,1-2H3,(H,14,16). The molecule has 1 saturated carbocycles. The second-order valence-corrected chi connectivity index (χ2v) is 6.64. The summed E-state index contributed by atoms with van der Waals surface area (Å²) in [4.78, 5) is 12.0. The Morgan fingerprint density at radius 2 is 1.84 bits per heavy atom. The van der Waals surface area contributed by atoms with E-state index in [1.165, 1.54) is 0 Å². The molecule has 0 heterocycles. The number of amides is 1. The maximum atomic E-state index is 12.0. The van der Waals surface area contributed by atoms with Crippen LogP contribution >= 0.6 is 0 Å². The highest BCUT2D eigenvalue weighted by Gasteiger charge is 2.50. The molecular weight excluding hydrogens is 264 g/mol. The van der Waals surface area contributed by atoms with E-state index < -0.39 is 15.4 Å². The van der Waals surface area contributed by atoms with Crippen molar-refractivity contribution >= 4 is 21.6 Å². The fourth-order valence-electron chi connectivity index (χ4n) is 2.17. The smallest absolute Gasteiger partial charge is 0.230 e. The van der Waals surface area contributed by atoms with Crippen LogP contribution in [0.4, 0.5) is 5.69 Å². The zero-order valence-electron chi connectivity index (χ0n) is 11.1. The number of sulfonamides is 1. The molecule has 0 saturated heterocycles. The number of carbonyl (C=O) groups excluding carboxylic acids is 1. The third-order valence-electron chi connectivity index (χ3n) is 3.26. The van der Waals surface area contributed by atoms with Gasteiger partial charge in [0.25, 0.3) is 0 Å². The first-order valence-corrected chi connectivity index (χ1v) is 8.13. The van der Waals surface area contributed by atoms with Crippen LogP contribution in [0.15, 0.2) is 24.3 Å². The molecule has 0 atom stereocenters. The lowest BCUT2D eigenvalue weighted by Crippen LogP contribution is -2.34. The number of hydrogen-bond donors (Lipinski definition) is 2. The van der Waals surface area contributed by atoms with E-state index in [1.54, 1.807) is 12.1 Å². The Hall–Kier alpha value is -1.56. The molecule has 104 valence electrons. The summed E-state index contributed by atoms with van der Waals surface area (Å²) in [6.07, 6.45) is 2.80. The van der Waals surface area contributed by atoms with Crippen molar-refractivity contribution in [1.82, 2.24) is 5.32 Å². The van der Waals surface area contributed by atoms with Gasteiger partial charge >= 0.3 is 0 Å². The van der Waals surface area contributed by atoms with Gasteiger partial charge in [-0.1, -0.05) is 12.1 Å². The maximum absolute atomic E-state index is 12.0. The molecule has 2 N–H and O–H groups in total. The number of nitrogens with one attached hydrogen (secondary N) is 2. The highest BCUT2D eigenvalue weighted by Crippen LogP contribution is 2.48. The molecule has 0 spiro atoms. The lowest BCUT2D eigenvalue weighted by Gasteiger charge is -2.15. The Morgan fingerprint density at radius 1 is 1.26 bits per heavy atom. The van der Waals surface area contributed by atoms with Gasteiger partial charge < -0.3 is 5.32 Å². The highest BCUT2D eigenvalue weighted by molar-refractivity contribution is 7.92. The average Bonchev–Trinajstić information content (AvgIpc) is 3.09. The van der Waals surface area contributed by atoms with E-state index in [2.05, 4.69) is 10.0 Å². The van der Waals surface area contributed by atoms with Crippen molar-refractivity contribution in [3.63, 3.8) is 0 Å². The van der Waals surface area contributed by atoms with Crippen LogP contribution in [0.2, 0.25) is 0 Å². The molecule has 0 aliphatic heterocycles. The number of hydrogen-bond acceptors (Lipinski definition) is 3. The number of anilines is 1. The molecule has 0 radical (unpaired) electrons. The minimum absolute atomic E-state index is 0.0545. The Kier molecular flexibility index (Phi) is 3.54. The van der Waals surface area contributed by atoms with Crippen LogP contribution in [0.5, 0.6) is 0 Å². The second-order valence-electron chi connectivity index (χ2n) is 4.89. The van der Waals surface area contributed by atoms with Crippen LogP contribution in [0, 0.1) is 0 Å². The summed E-state index contributed by atoms with van der Waals surface area (Å²) in [7, 11) is -3.26. The van der Waals surface area contributed by atoms with Crippen LogP contribution in [-0.4, -0.2) is 27.1 Å². The summed E-state index contributed by atoms with van der Waals surface area (Å²) >= 11 is 0. The van der Waals surface area contributed by atoms with Gasteiger partial charge in [0, 0.05) is 12.2 Å². The highest BCUT2D eigenvalue weighted by atomic mass is 32.2. The van der Waals surface area contributed by atoms with Gasteiger partial charge in [-0.2, -0.15) is 0 Å². The van der Waals surface area contributed by atoms with Gasteiger partial charge in [-0.25, -0.2) is 8.42 Å². The summed E-state index contributed by atoms with van der Waals surface area (Å²) in [5.74, 6) is 0.0545. The molecule has 1 aliphatic carbocycles. The van der Waals surface area contributed by atoms with E-state index in [4.69, 9.17) is 0 Å². The van der Waals surface area contributed by atoms with Gasteiger partial charge in [-0.05, 0) is 37.5 Å². The van der Waals surface area contributed by atoms with Crippen LogP contribution in [0.1, 0.15) is 25.3 Å². The number of carbonyl (C=O) groups is 1. The zero-order valence-corrected chi connectivity index (χ0v) is 11.9. The molecule has 0 bridgehead atoms. The summed E-state index contributed by atoms with van der Waals surface area (Å²) in [6, 6.07) is 7.01. The van der Waals surface area contributed by atoms with E-state index in [1.807, 2.05) is 19.1 Å². The van der Waals surface area contributed by atoms with Crippen LogP contribution < -0.4 is 10.0 Å². The minimum atomic E-state index is -3.26. The molecule has 1 amide bonds. The molecule has 0 unspecified atom stereocenters. The Balaban J connectivity index is 2.17. The number of likely N-dealkylation sites (N-methyl/N-ethyl adjacent to an activating group) is 1. The average molecular weight is 282 g/mol. The molecule has 5 nitrogen and oxygen atoms in total. The van der Waals surface area contributed by atoms with Gasteiger partial charge in [0.1, 0.15) is 0 Å². The van der Waals surface area contributed by atoms with Crippen LogP contribution in [-0.2, 0) is 20.2 Å². The van der Waals surface area contributed by atoms with Crippen molar-refractivity contribution in [2.24, 2.45) is 0 Å². The van der Waals surface area contributed by atoms with Gasteiger partial charge in [-0.3, -0.25) is 9.52 Å². The van der Waals surface area contributed by atoms with E-state index in [9.17, 15) is 13.2 Å².